The van der Waals surface area contributed by atoms with Gasteiger partial charge in [-0.25, -0.2) is 4.79 Å². The first-order valence-corrected chi connectivity index (χ1v) is 2.90. The summed E-state index contributed by atoms with van der Waals surface area (Å²) in [4.78, 5) is 10.4. The molecule has 0 aromatic heterocycles. The van der Waals surface area contributed by atoms with Gasteiger partial charge in [0, 0.05) is 6.21 Å². The van der Waals surface area contributed by atoms with E-state index in [1.807, 2.05) is 0 Å². The lowest BCUT2D eigenvalue weighted by molar-refractivity contribution is -0.129. The van der Waals surface area contributed by atoms with E-state index in [0.29, 0.717) is 0 Å². The van der Waals surface area contributed by atoms with Gasteiger partial charge in [0.15, 0.2) is 5.71 Å². The van der Waals surface area contributed by atoms with Gasteiger partial charge in [-0.2, -0.15) is 5.10 Å². The topological polar surface area (TPSA) is 62.0 Å². The maximum atomic E-state index is 10.4. The summed E-state index contributed by atoms with van der Waals surface area (Å²) in [5, 5.41) is 15.5. The highest BCUT2D eigenvalue weighted by Gasteiger charge is 2.32. The number of aliphatic carboxylic acids is 1. The Morgan fingerprint density at radius 1 is 1.70 bits per heavy atom. The average Bonchev–Trinajstić information content (AvgIpc) is 2.08. The second kappa shape index (κ2) is 1.90. The largest absolute Gasteiger partial charge is 0.477 e. The number of rotatable bonds is 1. The molecule has 1 rings (SSSR count). The summed E-state index contributed by atoms with van der Waals surface area (Å²) >= 11 is 0. The Hall–Kier alpha value is -1.19. The van der Waals surface area contributed by atoms with Gasteiger partial charge >= 0.3 is 5.97 Å². The number of nitrogens with zero attached hydrogens (tertiary/aromatic N) is 2. The van der Waals surface area contributed by atoms with E-state index in [0.717, 1.165) is 0 Å². The third kappa shape index (κ3) is 0.920. The van der Waals surface area contributed by atoms with Crippen molar-refractivity contribution in [3.05, 3.63) is 0 Å². The van der Waals surface area contributed by atoms with Crippen LogP contribution in [0.25, 0.3) is 0 Å². The standard InChI is InChI=1S/C6H8N2O2/c1-6(2)3-7-8-4(6)5(9)10/h3H,1-2H3,(H,9,10). The zero-order valence-corrected chi connectivity index (χ0v) is 5.83. The number of hydrogen-bond donors (Lipinski definition) is 1. The molecule has 0 amide bonds. The zero-order chi connectivity index (χ0) is 7.78. The van der Waals surface area contributed by atoms with Crippen molar-refractivity contribution >= 4 is 17.9 Å². The maximum absolute atomic E-state index is 10.4. The van der Waals surface area contributed by atoms with Crippen molar-refractivity contribution in [1.82, 2.24) is 0 Å². The van der Waals surface area contributed by atoms with Crippen LogP contribution in [0.4, 0.5) is 0 Å². The van der Waals surface area contributed by atoms with E-state index in [2.05, 4.69) is 10.2 Å². The van der Waals surface area contributed by atoms with Gasteiger partial charge in [0.2, 0.25) is 0 Å². The lowest BCUT2D eigenvalue weighted by Crippen LogP contribution is -2.29. The summed E-state index contributed by atoms with van der Waals surface area (Å²) in [7, 11) is 0. The van der Waals surface area contributed by atoms with E-state index in [9.17, 15) is 4.79 Å². The lowest BCUT2D eigenvalue weighted by atomic mass is 9.90. The fraction of sp³-hybridized carbons (Fsp3) is 0.500. The van der Waals surface area contributed by atoms with Crippen molar-refractivity contribution in [2.75, 3.05) is 0 Å². The third-order valence-corrected chi connectivity index (χ3v) is 1.35. The van der Waals surface area contributed by atoms with Gasteiger partial charge in [0.05, 0.1) is 5.41 Å². The van der Waals surface area contributed by atoms with Gasteiger partial charge in [0.25, 0.3) is 0 Å². The van der Waals surface area contributed by atoms with Crippen LogP contribution in [0.1, 0.15) is 13.8 Å². The molecule has 1 aliphatic heterocycles. The zero-order valence-electron chi connectivity index (χ0n) is 5.83. The van der Waals surface area contributed by atoms with Crippen LogP contribution in [0.15, 0.2) is 10.2 Å². The van der Waals surface area contributed by atoms with Crippen molar-refractivity contribution in [2.24, 2.45) is 15.6 Å². The van der Waals surface area contributed by atoms with Crippen LogP contribution in [-0.4, -0.2) is 23.0 Å². The van der Waals surface area contributed by atoms with Crippen LogP contribution in [0.5, 0.6) is 0 Å². The first-order chi connectivity index (χ1) is 4.54. The van der Waals surface area contributed by atoms with E-state index in [1.54, 1.807) is 13.8 Å². The number of carbonyl (C=O) groups is 1. The fourth-order valence-corrected chi connectivity index (χ4v) is 0.739. The minimum absolute atomic E-state index is 0.104. The van der Waals surface area contributed by atoms with Gasteiger partial charge in [-0.15, -0.1) is 5.10 Å². The van der Waals surface area contributed by atoms with Crippen molar-refractivity contribution in [1.29, 1.82) is 0 Å². The maximum Gasteiger partial charge on any atom is 0.353 e. The summed E-state index contributed by atoms with van der Waals surface area (Å²) in [5.41, 5.74) is -0.404. The van der Waals surface area contributed by atoms with Crippen LogP contribution in [0.3, 0.4) is 0 Å². The Balaban J connectivity index is 2.93. The van der Waals surface area contributed by atoms with Gasteiger partial charge < -0.3 is 5.11 Å². The molecule has 4 heteroatoms. The SMILES string of the molecule is CC1(C)C=NN=C1C(=O)O. The molecule has 1 aliphatic rings. The summed E-state index contributed by atoms with van der Waals surface area (Å²) in [6.07, 6.45) is 1.52. The summed E-state index contributed by atoms with van der Waals surface area (Å²) < 4.78 is 0. The Morgan fingerprint density at radius 3 is 2.50 bits per heavy atom. The van der Waals surface area contributed by atoms with E-state index in [-0.39, 0.29) is 5.71 Å². The van der Waals surface area contributed by atoms with Crippen LogP contribution in [0.2, 0.25) is 0 Å². The molecule has 0 fully saturated rings. The highest BCUT2D eigenvalue weighted by molar-refractivity contribution is 6.41. The van der Waals surface area contributed by atoms with Gasteiger partial charge in [-0.05, 0) is 13.8 Å². The number of hydrogen-bond acceptors (Lipinski definition) is 3. The molecule has 0 aromatic carbocycles. The monoisotopic (exact) mass is 140 g/mol. The smallest absolute Gasteiger partial charge is 0.353 e. The molecule has 1 heterocycles. The molecule has 0 atom stereocenters. The summed E-state index contributed by atoms with van der Waals surface area (Å²) in [6, 6.07) is 0. The van der Waals surface area contributed by atoms with Crippen LogP contribution >= 0.6 is 0 Å². The highest BCUT2D eigenvalue weighted by Crippen LogP contribution is 2.19. The number of carboxylic acids is 1. The second-order valence-electron chi connectivity index (χ2n) is 2.72. The molecular weight excluding hydrogens is 132 g/mol. The van der Waals surface area contributed by atoms with Crippen LogP contribution in [-0.2, 0) is 4.79 Å². The van der Waals surface area contributed by atoms with Crippen molar-refractivity contribution in [3.63, 3.8) is 0 Å². The Kier molecular flexibility index (Phi) is 1.31. The van der Waals surface area contributed by atoms with Crippen LogP contribution < -0.4 is 0 Å². The molecule has 0 saturated carbocycles. The quantitative estimate of drug-likeness (QED) is 0.577. The molecule has 0 radical (unpaired) electrons. The molecular formula is C6H8N2O2. The highest BCUT2D eigenvalue weighted by atomic mass is 16.4. The fourth-order valence-electron chi connectivity index (χ4n) is 0.739. The summed E-state index contributed by atoms with van der Waals surface area (Å²) in [6.45, 7) is 3.52. The molecule has 0 aromatic rings. The first-order valence-electron chi connectivity index (χ1n) is 2.90. The van der Waals surface area contributed by atoms with Gasteiger partial charge in [-0.1, -0.05) is 0 Å². The van der Waals surface area contributed by atoms with E-state index in [1.165, 1.54) is 6.21 Å². The van der Waals surface area contributed by atoms with Crippen molar-refractivity contribution in [3.8, 4) is 0 Å². The molecule has 4 nitrogen and oxygen atoms in total. The van der Waals surface area contributed by atoms with Crippen molar-refractivity contribution in [2.45, 2.75) is 13.8 Å². The molecule has 54 valence electrons. The van der Waals surface area contributed by atoms with Crippen molar-refractivity contribution < 1.29 is 9.90 Å². The molecule has 0 aliphatic carbocycles. The predicted octanol–water partition coefficient (Wildman–Crippen LogP) is 0.538. The number of carboxylic acid groups (broad SMARTS) is 1. The lowest BCUT2D eigenvalue weighted by Gasteiger charge is -2.11. The van der Waals surface area contributed by atoms with Crippen LogP contribution in [0, 0.1) is 5.41 Å². The minimum atomic E-state index is -0.998. The average molecular weight is 140 g/mol. The van der Waals surface area contributed by atoms with E-state index >= 15 is 0 Å². The minimum Gasteiger partial charge on any atom is -0.477 e. The Bertz CT molecular complexity index is 228. The molecule has 10 heavy (non-hydrogen) atoms. The van der Waals surface area contributed by atoms with E-state index in [4.69, 9.17) is 5.11 Å². The molecule has 1 N–H and O–H groups in total. The molecule has 0 bridgehead atoms. The predicted molar refractivity (Wildman–Crippen MR) is 37.3 cm³/mol. The Morgan fingerprint density at radius 2 is 2.30 bits per heavy atom. The van der Waals surface area contributed by atoms with Gasteiger partial charge in [0.1, 0.15) is 0 Å². The Labute approximate surface area is 58.3 Å². The summed E-state index contributed by atoms with van der Waals surface area (Å²) in [5.74, 6) is -0.998. The first kappa shape index (κ1) is 6.92. The second-order valence-corrected chi connectivity index (χ2v) is 2.72. The molecule has 0 spiro atoms. The molecule has 0 unspecified atom stereocenters. The van der Waals surface area contributed by atoms with Gasteiger partial charge in [-0.3, -0.25) is 0 Å². The van der Waals surface area contributed by atoms with E-state index < -0.39 is 11.4 Å². The molecule has 0 saturated heterocycles. The third-order valence-electron chi connectivity index (χ3n) is 1.35. The normalized spacial score (nSPS) is 20.8.